The lowest BCUT2D eigenvalue weighted by molar-refractivity contribution is 0.206. The van der Waals surface area contributed by atoms with Crippen molar-refractivity contribution in [1.29, 1.82) is 0 Å². The quantitative estimate of drug-likeness (QED) is 0.912. The van der Waals surface area contributed by atoms with E-state index in [-0.39, 0.29) is 5.75 Å². The summed E-state index contributed by atoms with van der Waals surface area (Å²) in [5.41, 5.74) is 1.57. The van der Waals surface area contributed by atoms with Crippen LogP contribution in [0.3, 0.4) is 0 Å². The molecule has 0 aromatic heterocycles. The Morgan fingerprint density at radius 3 is 2.62 bits per heavy atom. The lowest BCUT2D eigenvalue weighted by Gasteiger charge is -2.29. The molecular formula is C18H29NO2. The smallest absolute Gasteiger partial charge is 0.160 e. The van der Waals surface area contributed by atoms with Gasteiger partial charge in [0.25, 0.3) is 0 Å². The topological polar surface area (TPSA) is 32.7 Å². The van der Waals surface area contributed by atoms with Crippen LogP contribution in [0.25, 0.3) is 0 Å². The lowest BCUT2D eigenvalue weighted by atomic mass is 9.77. The van der Waals surface area contributed by atoms with E-state index in [0.29, 0.717) is 11.2 Å². The highest BCUT2D eigenvalue weighted by Crippen LogP contribution is 2.34. The van der Waals surface area contributed by atoms with E-state index in [1.165, 1.54) is 19.3 Å². The largest absolute Gasteiger partial charge is 0.504 e. The van der Waals surface area contributed by atoms with E-state index >= 15 is 0 Å². The molecule has 0 spiro atoms. The summed E-state index contributed by atoms with van der Waals surface area (Å²) in [6, 6.07) is 5.72. The molecule has 21 heavy (non-hydrogen) atoms. The third kappa shape index (κ3) is 4.37. The number of nitrogens with zero attached hydrogens (tertiary/aromatic N) is 1. The van der Waals surface area contributed by atoms with E-state index in [1.807, 2.05) is 18.2 Å². The maximum atomic E-state index is 9.88. The van der Waals surface area contributed by atoms with Crippen molar-refractivity contribution in [2.45, 2.75) is 46.6 Å². The molecule has 0 aliphatic carbocycles. The first-order valence-electron chi connectivity index (χ1n) is 7.98. The maximum absolute atomic E-state index is 9.88. The number of rotatable bonds is 3. The summed E-state index contributed by atoms with van der Waals surface area (Å²) >= 11 is 0. The molecule has 1 aromatic rings. The molecule has 1 fully saturated rings. The highest BCUT2D eigenvalue weighted by molar-refractivity contribution is 5.41. The van der Waals surface area contributed by atoms with Crippen LogP contribution in [0, 0.1) is 11.3 Å². The number of methoxy groups -OCH3 is 1. The van der Waals surface area contributed by atoms with Gasteiger partial charge in [0.05, 0.1) is 7.11 Å². The summed E-state index contributed by atoms with van der Waals surface area (Å²) in [6.45, 7) is 10.3. The van der Waals surface area contributed by atoms with E-state index in [4.69, 9.17) is 4.74 Å². The molecule has 1 unspecified atom stereocenters. The Balaban J connectivity index is 1.96. The van der Waals surface area contributed by atoms with Crippen molar-refractivity contribution < 1.29 is 9.84 Å². The van der Waals surface area contributed by atoms with Crippen LogP contribution in [0.2, 0.25) is 0 Å². The van der Waals surface area contributed by atoms with Crippen molar-refractivity contribution in [2.24, 2.45) is 11.3 Å². The fourth-order valence-corrected chi connectivity index (χ4v) is 3.27. The van der Waals surface area contributed by atoms with Crippen molar-refractivity contribution in [3.05, 3.63) is 23.8 Å². The van der Waals surface area contributed by atoms with Gasteiger partial charge < -0.3 is 9.84 Å². The first-order chi connectivity index (χ1) is 9.90. The normalized spacial score (nSPS) is 21.0. The Hall–Kier alpha value is -1.22. The zero-order valence-corrected chi connectivity index (χ0v) is 13.9. The molecule has 3 heteroatoms. The number of ether oxygens (including phenoxy) is 1. The minimum Gasteiger partial charge on any atom is -0.504 e. The second-order valence-corrected chi connectivity index (χ2v) is 7.28. The average Bonchev–Trinajstić information content (AvgIpc) is 2.64. The van der Waals surface area contributed by atoms with E-state index in [1.54, 1.807) is 7.11 Å². The molecule has 118 valence electrons. The molecule has 1 atom stereocenters. The second-order valence-electron chi connectivity index (χ2n) is 7.28. The molecule has 1 saturated heterocycles. The third-order valence-electron chi connectivity index (χ3n) is 4.69. The molecule has 0 saturated carbocycles. The predicted molar refractivity (Wildman–Crippen MR) is 86.7 cm³/mol. The third-order valence-corrected chi connectivity index (χ3v) is 4.69. The van der Waals surface area contributed by atoms with Crippen LogP contribution in [0.15, 0.2) is 18.2 Å². The standard InChI is InChI=1S/C18H29NO2/c1-18(2,3)15-6-5-10-19(11-9-15)13-14-7-8-17(21-4)16(20)12-14/h7-8,12,15,20H,5-6,9-11,13H2,1-4H3. The molecule has 0 bridgehead atoms. The fourth-order valence-electron chi connectivity index (χ4n) is 3.27. The van der Waals surface area contributed by atoms with Crippen LogP contribution in [-0.2, 0) is 6.54 Å². The number of aromatic hydroxyl groups is 1. The zero-order chi connectivity index (χ0) is 15.5. The number of phenols is 1. The highest BCUT2D eigenvalue weighted by atomic mass is 16.5. The van der Waals surface area contributed by atoms with Gasteiger partial charge in [0.15, 0.2) is 11.5 Å². The van der Waals surface area contributed by atoms with Crippen LogP contribution >= 0.6 is 0 Å². The molecule has 1 N–H and O–H groups in total. The summed E-state index contributed by atoms with van der Waals surface area (Å²) in [5, 5.41) is 9.88. The van der Waals surface area contributed by atoms with Crippen molar-refractivity contribution >= 4 is 0 Å². The first-order valence-corrected chi connectivity index (χ1v) is 7.98. The predicted octanol–water partition coefficient (Wildman–Crippen LogP) is 4.05. The monoisotopic (exact) mass is 291 g/mol. The molecule has 1 aliphatic rings. The number of benzene rings is 1. The van der Waals surface area contributed by atoms with Gasteiger partial charge in [0.2, 0.25) is 0 Å². The lowest BCUT2D eigenvalue weighted by Crippen LogP contribution is -2.26. The maximum Gasteiger partial charge on any atom is 0.160 e. The second kappa shape index (κ2) is 6.69. The van der Waals surface area contributed by atoms with Gasteiger partial charge in [0.1, 0.15) is 0 Å². The van der Waals surface area contributed by atoms with E-state index in [0.717, 1.165) is 31.1 Å². The van der Waals surface area contributed by atoms with Gasteiger partial charge >= 0.3 is 0 Å². The van der Waals surface area contributed by atoms with Crippen molar-refractivity contribution in [2.75, 3.05) is 20.2 Å². The number of hydrogen-bond acceptors (Lipinski definition) is 3. The van der Waals surface area contributed by atoms with Crippen molar-refractivity contribution in [3.63, 3.8) is 0 Å². The van der Waals surface area contributed by atoms with Crippen LogP contribution < -0.4 is 4.74 Å². The van der Waals surface area contributed by atoms with Crippen LogP contribution in [-0.4, -0.2) is 30.2 Å². The van der Waals surface area contributed by atoms with Gasteiger partial charge in [-0.25, -0.2) is 0 Å². The molecule has 1 heterocycles. The molecule has 0 radical (unpaired) electrons. The zero-order valence-electron chi connectivity index (χ0n) is 13.9. The molecule has 0 amide bonds. The van der Waals surface area contributed by atoms with E-state index in [2.05, 4.69) is 25.7 Å². The summed E-state index contributed by atoms with van der Waals surface area (Å²) in [5.74, 6) is 1.59. The Morgan fingerprint density at radius 2 is 2.00 bits per heavy atom. The summed E-state index contributed by atoms with van der Waals surface area (Å²) in [6.07, 6.45) is 3.86. The van der Waals surface area contributed by atoms with Crippen LogP contribution in [0.5, 0.6) is 11.5 Å². The first kappa shape index (κ1) is 16.2. The van der Waals surface area contributed by atoms with Crippen LogP contribution in [0.4, 0.5) is 0 Å². The Labute approximate surface area is 128 Å². The molecule has 3 nitrogen and oxygen atoms in total. The van der Waals surface area contributed by atoms with Gasteiger partial charge in [-0.1, -0.05) is 26.8 Å². The molecule has 1 aromatic carbocycles. The van der Waals surface area contributed by atoms with Crippen molar-refractivity contribution in [1.82, 2.24) is 4.90 Å². The van der Waals surface area contributed by atoms with Gasteiger partial charge in [-0.2, -0.15) is 0 Å². The fraction of sp³-hybridized carbons (Fsp3) is 0.667. The number of likely N-dealkylation sites (tertiary alicyclic amines) is 1. The number of hydrogen-bond donors (Lipinski definition) is 1. The minimum atomic E-state index is 0.234. The highest BCUT2D eigenvalue weighted by Gasteiger charge is 2.27. The van der Waals surface area contributed by atoms with Gasteiger partial charge in [-0.3, -0.25) is 4.90 Å². The summed E-state index contributed by atoms with van der Waals surface area (Å²) in [4.78, 5) is 2.51. The van der Waals surface area contributed by atoms with Gasteiger partial charge in [-0.05, 0) is 61.4 Å². The minimum absolute atomic E-state index is 0.234. The Kier molecular flexibility index (Phi) is 5.15. The molecule has 1 aliphatic heterocycles. The van der Waals surface area contributed by atoms with E-state index in [9.17, 15) is 5.11 Å². The number of phenolic OH excluding ortho intramolecular Hbond substituents is 1. The van der Waals surface area contributed by atoms with Crippen LogP contribution in [0.1, 0.15) is 45.6 Å². The van der Waals surface area contributed by atoms with E-state index < -0.39 is 0 Å². The average molecular weight is 291 g/mol. The Morgan fingerprint density at radius 1 is 1.24 bits per heavy atom. The summed E-state index contributed by atoms with van der Waals surface area (Å²) in [7, 11) is 1.58. The molecule has 2 rings (SSSR count). The summed E-state index contributed by atoms with van der Waals surface area (Å²) < 4.78 is 5.10. The van der Waals surface area contributed by atoms with Gasteiger partial charge in [-0.15, -0.1) is 0 Å². The Bertz CT molecular complexity index is 465. The molecular weight excluding hydrogens is 262 g/mol. The SMILES string of the molecule is COc1ccc(CN2CCCC(C(C)(C)C)CC2)cc1O. The van der Waals surface area contributed by atoms with Crippen molar-refractivity contribution in [3.8, 4) is 11.5 Å². The van der Waals surface area contributed by atoms with Gasteiger partial charge in [0, 0.05) is 6.54 Å².